The number of hydrogen-bond donors (Lipinski definition) is 1. The maximum Gasteiger partial charge on any atom is 0.299 e. The van der Waals surface area contributed by atoms with E-state index >= 15 is 4.39 Å². The summed E-state index contributed by atoms with van der Waals surface area (Å²) >= 11 is 0. The maximum absolute atomic E-state index is 15.6. The highest BCUT2D eigenvalue weighted by Gasteiger charge is 2.42. The van der Waals surface area contributed by atoms with Crippen molar-refractivity contribution in [1.29, 1.82) is 0 Å². The molecule has 0 spiro atoms. The molecule has 210 valence electrons. The summed E-state index contributed by atoms with van der Waals surface area (Å²) in [7, 11) is 0. The normalized spacial score (nSPS) is 17.8. The lowest BCUT2D eigenvalue weighted by Crippen LogP contribution is -2.55. The molecule has 1 N–H and O–H groups in total. The monoisotopic (exact) mass is 563 g/mol. The van der Waals surface area contributed by atoms with Gasteiger partial charge in [0.1, 0.15) is 35.5 Å². The highest BCUT2D eigenvalue weighted by molar-refractivity contribution is 5.94. The molecule has 0 radical (unpaired) electrons. The Hall–Kier alpha value is -5.31. The molecule has 2 unspecified atom stereocenters. The predicted molar refractivity (Wildman–Crippen MR) is 154 cm³/mol. The van der Waals surface area contributed by atoms with Gasteiger partial charge in [-0.15, -0.1) is 0 Å². The topological polar surface area (TPSA) is 114 Å². The highest BCUT2D eigenvalue weighted by Crippen LogP contribution is 2.35. The molecule has 5 aromatic rings. The van der Waals surface area contributed by atoms with Crippen molar-refractivity contribution in [1.82, 2.24) is 34.4 Å². The van der Waals surface area contributed by atoms with E-state index in [0.29, 0.717) is 52.7 Å². The largest absolute Gasteiger partial charge is 0.457 e. The lowest BCUT2D eigenvalue weighted by molar-refractivity contribution is -0.128. The average molecular weight is 564 g/mol. The molecule has 6 heterocycles. The van der Waals surface area contributed by atoms with E-state index in [1.54, 1.807) is 48.8 Å². The van der Waals surface area contributed by atoms with Gasteiger partial charge < -0.3 is 19.9 Å². The zero-order valence-corrected chi connectivity index (χ0v) is 23.0. The molecule has 2 aliphatic heterocycles. The summed E-state index contributed by atoms with van der Waals surface area (Å²) in [5.41, 5.74) is 2.36. The lowest BCUT2D eigenvalue weighted by Gasteiger charge is -2.40. The first-order valence-corrected chi connectivity index (χ1v) is 13.6. The van der Waals surface area contributed by atoms with Gasteiger partial charge in [0.25, 0.3) is 5.91 Å². The van der Waals surface area contributed by atoms with Crippen molar-refractivity contribution in [2.45, 2.75) is 38.8 Å². The van der Waals surface area contributed by atoms with Gasteiger partial charge >= 0.3 is 0 Å². The number of halogens is 1. The summed E-state index contributed by atoms with van der Waals surface area (Å²) in [5, 5.41) is 7.18. The van der Waals surface area contributed by atoms with Crippen LogP contribution in [0.3, 0.4) is 0 Å². The van der Waals surface area contributed by atoms with Crippen molar-refractivity contribution in [3.05, 3.63) is 66.6 Å². The molecule has 2 atom stereocenters. The molecule has 7 rings (SSSR count). The van der Waals surface area contributed by atoms with Crippen molar-refractivity contribution in [3.8, 4) is 23.3 Å². The quantitative estimate of drug-likeness (QED) is 0.314. The van der Waals surface area contributed by atoms with E-state index in [2.05, 4.69) is 42.1 Å². The van der Waals surface area contributed by atoms with Crippen LogP contribution < -0.4 is 15.0 Å². The molecule has 4 aromatic heterocycles. The Morgan fingerprint density at radius 3 is 2.71 bits per heavy atom. The highest BCUT2D eigenvalue weighted by atomic mass is 19.1. The Morgan fingerprint density at radius 2 is 1.90 bits per heavy atom. The average Bonchev–Trinajstić information content (AvgIpc) is 3.57. The second-order valence-corrected chi connectivity index (χ2v) is 10.3. The lowest BCUT2D eigenvalue weighted by atomic mass is 10.1. The zero-order chi connectivity index (χ0) is 28.8. The van der Waals surface area contributed by atoms with Gasteiger partial charge in [-0.2, -0.15) is 5.10 Å². The van der Waals surface area contributed by atoms with Gasteiger partial charge in [0.2, 0.25) is 0 Å². The number of nitrogens with one attached hydrogen (secondary N) is 1. The minimum atomic E-state index is -0.466. The number of pyridine rings is 2. The molecule has 0 aliphatic carbocycles. The fourth-order valence-electron chi connectivity index (χ4n) is 5.78. The molecule has 2 aliphatic rings. The SMILES string of the molecule is CC#CC(=O)N1C2CCC1CN(c1ccc3ncnc(Nc4ccc(Oc5ccn6ncnc6c5)c(C)c4F)c3n1)C2. The number of hydrogen-bond acceptors (Lipinski definition) is 9. The first-order valence-electron chi connectivity index (χ1n) is 13.6. The Labute approximate surface area is 240 Å². The van der Waals surface area contributed by atoms with Crippen LogP contribution in [-0.4, -0.2) is 65.5 Å². The second kappa shape index (κ2) is 10.3. The van der Waals surface area contributed by atoms with Crippen LogP contribution in [0.5, 0.6) is 11.5 Å². The van der Waals surface area contributed by atoms with Crippen LogP contribution in [0.25, 0.3) is 16.7 Å². The second-order valence-electron chi connectivity index (χ2n) is 10.3. The maximum atomic E-state index is 15.6. The van der Waals surface area contributed by atoms with Gasteiger partial charge in [-0.25, -0.2) is 28.8 Å². The first-order chi connectivity index (χ1) is 20.5. The van der Waals surface area contributed by atoms with Crippen LogP contribution in [0.15, 0.2) is 55.2 Å². The Bertz CT molecular complexity index is 1900. The molecule has 12 heteroatoms. The number of carbonyl (C=O) groups excluding carboxylic acids is 1. The van der Waals surface area contributed by atoms with Crippen LogP contribution in [0.1, 0.15) is 25.3 Å². The molecule has 0 saturated carbocycles. The van der Waals surface area contributed by atoms with Crippen molar-refractivity contribution < 1.29 is 13.9 Å². The number of anilines is 3. The van der Waals surface area contributed by atoms with Gasteiger partial charge in [-0.05, 0) is 62.9 Å². The number of amides is 1. The third-order valence-electron chi connectivity index (χ3n) is 7.81. The van der Waals surface area contributed by atoms with Crippen LogP contribution in [0.4, 0.5) is 21.7 Å². The van der Waals surface area contributed by atoms with Gasteiger partial charge in [0.05, 0.1) is 23.3 Å². The minimum absolute atomic E-state index is 0.0929. The number of piperazine rings is 1. The first kappa shape index (κ1) is 25.6. The minimum Gasteiger partial charge on any atom is -0.457 e. The molecular weight excluding hydrogens is 537 g/mol. The summed E-state index contributed by atoms with van der Waals surface area (Å²) < 4.78 is 23.2. The molecule has 2 saturated heterocycles. The molecule has 2 bridgehead atoms. The van der Waals surface area contributed by atoms with Crippen molar-refractivity contribution in [2.24, 2.45) is 0 Å². The van der Waals surface area contributed by atoms with Gasteiger partial charge in [0, 0.05) is 30.9 Å². The molecule has 1 aromatic carbocycles. The number of rotatable bonds is 5. The standard InChI is InChI=1S/C30H26FN9O2/c1-3-4-27(41)40-19-5-6-20(40)15-38(14-19)25-10-8-23-29(37-25)30(34-16-32-23)36-22-7-9-24(18(2)28(22)31)42-21-11-12-39-26(13-21)33-17-35-39/h7-13,16-17,19-20H,5-6,14-15H2,1-2H3,(H,32,34,36). The van der Waals surface area contributed by atoms with Gasteiger partial charge in [0.15, 0.2) is 17.3 Å². The number of fused-ring (bicyclic) bond motifs is 4. The van der Waals surface area contributed by atoms with Crippen LogP contribution >= 0.6 is 0 Å². The van der Waals surface area contributed by atoms with Gasteiger partial charge in [-0.1, -0.05) is 5.92 Å². The molecule has 2 fully saturated rings. The van der Waals surface area contributed by atoms with Crippen LogP contribution in [0, 0.1) is 24.6 Å². The van der Waals surface area contributed by atoms with E-state index in [-0.39, 0.29) is 23.7 Å². The molecule has 1 amide bonds. The van der Waals surface area contributed by atoms with Crippen molar-refractivity contribution >= 4 is 39.9 Å². The number of aromatic nitrogens is 6. The smallest absolute Gasteiger partial charge is 0.299 e. The van der Waals surface area contributed by atoms with E-state index in [1.165, 1.54) is 12.7 Å². The Kier molecular flexibility index (Phi) is 6.27. The van der Waals surface area contributed by atoms with E-state index in [1.807, 2.05) is 17.0 Å². The summed E-state index contributed by atoms with van der Waals surface area (Å²) in [6.07, 6.45) is 6.49. The van der Waals surface area contributed by atoms with E-state index in [4.69, 9.17) is 9.72 Å². The molecular formula is C30H26FN9O2. The zero-order valence-electron chi connectivity index (χ0n) is 23.0. The van der Waals surface area contributed by atoms with E-state index in [0.717, 1.165) is 18.7 Å². The van der Waals surface area contributed by atoms with Crippen LogP contribution in [0.2, 0.25) is 0 Å². The fourth-order valence-corrected chi connectivity index (χ4v) is 5.78. The summed E-state index contributed by atoms with van der Waals surface area (Å²) in [5.74, 6) is 6.89. The fraction of sp³-hybridized carbons (Fsp3) is 0.267. The summed E-state index contributed by atoms with van der Waals surface area (Å²) in [6, 6.07) is 10.8. The summed E-state index contributed by atoms with van der Waals surface area (Å²) in [6.45, 7) is 4.67. The van der Waals surface area contributed by atoms with Crippen molar-refractivity contribution in [3.63, 3.8) is 0 Å². The van der Waals surface area contributed by atoms with E-state index < -0.39 is 5.82 Å². The number of carbonyl (C=O) groups is 1. The summed E-state index contributed by atoms with van der Waals surface area (Å²) in [4.78, 5) is 34.5. The third kappa shape index (κ3) is 4.49. The number of ether oxygens (including phenoxy) is 1. The molecule has 42 heavy (non-hydrogen) atoms. The number of benzene rings is 1. The van der Waals surface area contributed by atoms with Crippen molar-refractivity contribution in [2.75, 3.05) is 23.3 Å². The molecule has 11 nitrogen and oxygen atoms in total. The van der Waals surface area contributed by atoms with Gasteiger partial charge in [-0.3, -0.25) is 4.79 Å². The van der Waals surface area contributed by atoms with E-state index in [9.17, 15) is 4.79 Å². The Morgan fingerprint density at radius 1 is 1.07 bits per heavy atom. The van der Waals surface area contributed by atoms with Crippen LogP contribution in [-0.2, 0) is 4.79 Å². The third-order valence-corrected chi connectivity index (χ3v) is 7.81. The number of nitrogens with zero attached hydrogens (tertiary/aromatic N) is 8. The Balaban J connectivity index is 1.14. The predicted octanol–water partition coefficient (Wildman–Crippen LogP) is 4.25.